The van der Waals surface area contributed by atoms with Crippen LogP contribution in [0.2, 0.25) is 5.02 Å². The van der Waals surface area contributed by atoms with Crippen molar-refractivity contribution in [1.29, 1.82) is 0 Å². The van der Waals surface area contributed by atoms with E-state index in [1.807, 2.05) is 32.9 Å². The number of halogens is 1. The number of rotatable bonds is 3. The summed E-state index contributed by atoms with van der Waals surface area (Å²) < 4.78 is 0. The highest BCUT2D eigenvalue weighted by Gasteiger charge is 2.42. The maximum atomic E-state index is 12.9. The molecular formula is C20H21ClN2O3. The Morgan fingerprint density at radius 3 is 2.46 bits per heavy atom. The smallest absolute Gasteiger partial charge is 0.255 e. The number of aromatic hydroxyl groups is 1. The van der Waals surface area contributed by atoms with Gasteiger partial charge in [-0.2, -0.15) is 0 Å². The second-order valence-corrected chi connectivity index (χ2v) is 7.91. The first-order chi connectivity index (χ1) is 12.2. The Hall–Kier alpha value is -2.53. The third kappa shape index (κ3) is 3.68. The number of nitrogens with one attached hydrogen (secondary N) is 1. The number of benzene rings is 2. The molecule has 1 aliphatic rings. The Bertz CT molecular complexity index is 856. The molecule has 2 aromatic carbocycles. The van der Waals surface area contributed by atoms with Gasteiger partial charge in [0, 0.05) is 22.7 Å². The lowest BCUT2D eigenvalue weighted by Crippen LogP contribution is -2.46. The number of fused-ring (bicyclic) bond motifs is 1. The first-order valence-electron chi connectivity index (χ1n) is 8.36. The quantitative estimate of drug-likeness (QED) is 0.863. The van der Waals surface area contributed by atoms with Crippen molar-refractivity contribution in [3.05, 3.63) is 64.2 Å². The van der Waals surface area contributed by atoms with Crippen LogP contribution in [0.15, 0.2) is 42.5 Å². The molecule has 0 spiro atoms. The van der Waals surface area contributed by atoms with Gasteiger partial charge in [-0.15, -0.1) is 0 Å². The SMILES string of the molecule is CC(C)(C)NC(=O)C1c2ccc(O)cc2C(=O)N1Cc1ccc(Cl)cc1. The Morgan fingerprint density at radius 2 is 1.85 bits per heavy atom. The normalized spacial score (nSPS) is 16.5. The molecule has 2 N–H and O–H groups in total. The van der Waals surface area contributed by atoms with Gasteiger partial charge in [0.15, 0.2) is 0 Å². The average molecular weight is 373 g/mol. The maximum absolute atomic E-state index is 12.9. The van der Waals surface area contributed by atoms with Gasteiger partial charge in [0.1, 0.15) is 11.8 Å². The fourth-order valence-corrected chi connectivity index (χ4v) is 3.20. The third-order valence-corrected chi connectivity index (χ3v) is 4.40. The summed E-state index contributed by atoms with van der Waals surface area (Å²) in [6.07, 6.45) is 0. The van der Waals surface area contributed by atoms with Gasteiger partial charge in [-0.1, -0.05) is 29.8 Å². The summed E-state index contributed by atoms with van der Waals surface area (Å²) in [6.45, 7) is 5.95. The van der Waals surface area contributed by atoms with Gasteiger partial charge in [-0.3, -0.25) is 9.59 Å². The summed E-state index contributed by atoms with van der Waals surface area (Å²) in [4.78, 5) is 27.4. The molecule has 1 aliphatic heterocycles. The van der Waals surface area contributed by atoms with Crippen LogP contribution in [0.5, 0.6) is 5.75 Å². The number of phenols is 1. The van der Waals surface area contributed by atoms with Crippen LogP contribution in [0, 0.1) is 0 Å². The highest BCUT2D eigenvalue weighted by atomic mass is 35.5. The first kappa shape index (κ1) is 18.3. The van der Waals surface area contributed by atoms with E-state index in [9.17, 15) is 14.7 Å². The Morgan fingerprint density at radius 1 is 1.19 bits per heavy atom. The summed E-state index contributed by atoms with van der Waals surface area (Å²) in [5, 5.41) is 13.3. The predicted octanol–water partition coefficient (Wildman–Crippen LogP) is 3.66. The summed E-state index contributed by atoms with van der Waals surface area (Å²) >= 11 is 5.93. The van der Waals surface area contributed by atoms with Gasteiger partial charge in [-0.05, 0) is 56.2 Å². The zero-order chi connectivity index (χ0) is 19.1. The number of nitrogens with zero attached hydrogens (tertiary/aromatic N) is 1. The first-order valence-corrected chi connectivity index (χ1v) is 8.74. The van der Waals surface area contributed by atoms with E-state index < -0.39 is 11.6 Å². The van der Waals surface area contributed by atoms with Crippen LogP contribution in [0.25, 0.3) is 0 Å². The van der Waals surface area contributed by atoms with Crippen molar-refractivity contribution in [2.75, 3.05) is 0 Å². The molecule has 0 bridgehead atoms. The molecule has 0 fully saturated rings. The van der Waals surface area contributed by atoms with Crippen LogP contribution in [0.4, 0.5) is 0 Å². The molecule has 2 amide bonds. The van der Waals surface area contributed by atoms with Crippen molar-refractivity contribution in [3.63, 3.8) is 0 Å². The van der Waals surface area contributed by atoms with E-state index in [0.29, 0.717) is 16.1 Å². The van der Waals surface area contributed by atoms with Gasteiger partial charge in [0.05, 0.1) is 0 Å². The van der Waals surface area contributed by atoms with Crippen molar-refractivity contribution < 1.29 is 14.7 Å². The van der Waals surface area contributed by atoms with E-state index >= 15 is 0 Å². The molecule has 0 radical (unpaired) electrons. The highest BCUT2D eigenvalue weighted by Crippen LogP contribution is 2.37. The van der Waals surface area contributed by atoms with Crippen molar-refractivity contribution in [1.82, 2.24) is 10.2 Å². The summed E-state index contributed by atoms with van der Waals surface area (Å²) in [5.74, 6) is -0.524. The van der Waals surface area contributed by atoms with Gasteiger partial charge in [0.2, 0.25) is 5.91 Å². The van der Waals surface area contributed by atoms with Crippen LogP contribution >= 0.6 is 11.6 Å². The molecule has 0 aromatic heterocycles. The minimum absolute atomic E-state index is 0.000391. The molecule has 136 valence electrons. The monoisotopic (exact) mass is 372 g/mol. The number of phenolic OH excluding ortho intramolecular Hbond substituents is 1. The summed E-state index contributed by atoms with van der Waals surface area (Å²) in [6, 6.07) is 11.0. The van der Waals surface area contributed by atoms with Crippen LogP contribution in [-0.2, 0) is 11.3 Å². The molecule has 1 unspecified atom stereocenters. The van der Waals surface area contributed by atoms with Gasteiger partial charge >= 0.3 is 0 Å². The van der Waals surface area contributed by atoms with Crippen molar-refractivity contribution in [2.45, 2.75) is 38.9 Å². The van der Waals surface area contributed by atoms with Crippen molar-refractivity contribution in [3.8, 4) is 5.75 Å². The van der Waals surface area contributed by atoms with E-state index in [4.69, 9.17) is 11.6 Å². The molecule has 6 heteroatoms. The lowest BCUT2D eigenvalue weighted by molar-refractivity contribution is -0.127. The number of carbonyl (C=O) groups is 2. The van der Waals surface area contributed by atoms with E-state index in [2.05, 4.69) is 5.32 Å². The molecule has 2 aromatic rings. The Labute approximate surface area is 157 Å². The lowest BCUT2D eigenvalue weighted by Gasteiger charge is -2.29. The van der Waals surface area contributed by atoms with Crippen LogP contribution in [0.1, 0.15) is 48.3 Å². The zero-order valence-corrected chi connectivity index (χ0v) is 15.7. The number of amides is 2. The van der Waals surface area contributed by atoms with Gasteiger partial charge in [0.25, 0.3) is 5.91 Å². The maximum Gasteiger partial charge on any atom is 0.255 e. The molecule has 1 heterocycles. The second-order valence-electron chi connectivity index (χ2n) is 7.47. The van der Waals surface area contributed by atoms with E-state index in [1.54, 1.807) is 18.2 Å². The summed E-state index contributed by atoms with van der Waals surface area (Å²) in [5.41, 5.74) is 1.40. The molecule has 26 heavy (non-hydrogen) atoms. The number of carbonyl (C=O) groups excluding carboxylic acids is 2. The largest absolute Gasteiger partial charge is 0.508 e. The molecule has 0 saturated carbocycles. The Kier molecular flexibility index (Phi) is 4.67. The number of hydrogen-bond donors (Lipinski definition) is 2. The van der Waals surface area contributed by atoms with Gasteiger partial charge < -0.3 is 15.3 Å². The Balaban J connectivity index is 1.98. The standard InChI is InChI=1S/C20H21ClN2O3/c1-20(2,3)22-18(25)17-15-9-8-14(24)10-16(15)19(26)23(17)11-12-4-6-13(21)7-5-12/h4-10,17,24H,11H2,1-3H3,(H,22,25). The van der Waals surface area contributed by atoms with Crippen LogP contribution in [0.3, 0.4) is 0 Å². The fourth-order valence-electron chi connectivity index (χ4n) is 3.08. The topological polar surface area (TPSA) is 69.6 Å². The summed E-state index contributed by atoms with van der Waals surface area (Å²) in [7, 11) is 0. The average Bonchev–Trinajstić information content (AvgIpc) is 2.80. The molecule has 5 nitrogen and oxygen atoms in total. The highest BCUT2D eigenvalue weighted by molar-refractivity contribution is 6.30. The molecule has 3 rings (SSSR count). The van der Waals surface area contributed by atoms with E-state index in [1.165, 1.54) is 17.0 Å². The van der Waals surface area contributed by atoms with Crippen molar-refractivity contribution >= 4 is 23.4 Å². The van der Waals surface area contributed by atoms with Crippen LogP contribution in [-0.4, -0.2) is 27.4 Å². The van der Waals surface area contributed by atoms with Crippen molar-refractivity contribution in [2.24, 2.45) is 0 Å². The second kappa shape index (κ2) is 6.65. The van der Waals surface area contributed by atoms with Crippen LogP contribution < -0.4 is 5.32 Å². The number of hydrogen-bond acceptors (Lipinski definition) is 3. The van der Waals surface area contributed by atoms with E-state index in [-0.39, 0.29) is 24.1 Å². The molecular weight excluding hydrogens is 352 g/mol. The predicted molar refractivity (Wildman–Crippen MR) is 100 cm³/mol. The van der Waals surface area contributed by atoms with E-state index in [0.717, 1.165) is 5.56 Å². The lowest BCUT2D eigenvalue weighted by atomic mass is 10.0. The minimum atomic E-state index is -0.743. The molecule has 1 atom stereocenters. The molecule has 0 aliphatic carbocycles. The fraction of sp³-hybridized carbons (Fsp3) is 0.300. The third-order valence-electron chi connectivity index (χ3n) is 4.15. The zero-order valence-electron chi connectivity index (χ0n) is 14.9. The minimum Gasteiger partial charge on any atom is -0.508 e. The molecule has 0 saturated heterocycles. The van der Waals surface area contributed by atoms with Gasteiger partial charge in [-0.25, -0.2) is 0 Å².